The summed E-state index contributed by atoms with van der Waals surface area (Å²) in [4.78, 5) is 18.4. The summed E-state index contributed by atoms with van der Waals surface area (Å²) in [5.41, 5.74) is 0.351. The molecule has 6 heteroatoms. The molecule has 1 aromatic carbocycles. The average molecular weight is 335 g/mol. The number of amides is 1. The van der Waals surface area contributed by atoms with Crippen LogP contribution in [0.1, 0.15) is 24.5 Å². The van der Waals surface area contributed by atoms with Crippen molar-refractivity contribution in [2.75, 3.05) is 52.4 Å². The number of aliphatic hydroxyl groups is 1. The van der Waals surface area contributed by atoms with E-state index in [-0.39, 0.29) is 11.7 Å². The van der Waals surface area contributed by atoms with Crippen molar-refractivity contribution in [2.45, 2.75) is 18.9 Å². The van der Waals surface area contributed by atoms with Crippen LogP contribution in [-0.4, -0.2) is 78.1 Å². The van der Waals surface area contributed by atoms with Gasteiger partial charge in [-0.05, 0) is 18.9 Å². The number of carbonyl (C=O) groups is 1. The second kappa shape index (κ2) is 8.05. The van der Waals surface area contributed by atoms with Crippen molar-refractivity contribution in [1.82, 2.24) is 14.7 Å². The number of nitrogens with zero attached hydrogens (tertiary/aromatic N) is 3. The number of aliphatic hydroxyl groups excluding tert-OH is 1. The van der Waals surface area contributed by atoms with Gasteiger partial charge in [-0.15, -0.1) is 0 Å². The Morgan fingerprint density at radius 2 is 1.67 bits per heavy atom. The molecule has 5 nitrogen and oxygen atoms in total. The first-order valence-electron chi connectivity index (χ1n) is 8.78. The SMILES string of the molecule is O=C(CN1CCN(CC(O)c2ccccc2F)CC1)N1CCCC1. The third-order valence-corrected chi connectivity index (χ3v) is 4.98. The number of carbonyl (C=O) groups excluding carboxylic acids is 1. The highest BCUT2D eigenvalue weighted by molar-refractivity contribution is 5.78. The maximum Gasteiger partial charge on any atom is 0.236 e. The topological polar surface area (TPSA) is 47.0 Å². The first-order valence-corrected chi connectivity index (χ1v) is 8.78. The molecule has 2 fully saturated rings. The molecule has 0 aliphatic carbocycles. The van der Waals surface area contributed by atoms with Crippen molar-refractivity contribution in [2.24, 2.45) is 0 Å². The van der Waals surface area contributed by atoms with Gasteiger partial charge in [-0.2, -0.15) is 0 Å². The Balaban J connectivity index is 1.43. The largest absolute Gasteiger partial charge is 0.387 e. The zero-order chi connectivity index (χ0) is 16.9. The molecule has 1 unspecified atom stereocenters. The van der Waals surface area contributed by atoms with Gasteiger partial charge in [-0.1, -0.05) is 18.2 Å². The minimum absolute atomic E-state index is 0.229. The van der Waals surface area contributed by atoms with Gasteiger partial charge in [0.05, 0.1) is 12.6 Å². The lowest BCUT2D eigenvalue weighted by atomic mass is 10.1. The Morgan fingerprint density at radius 1 is 1.04 bits per heavy atom. The molecule has 1 N–H and O–H groups in total. The number of rotatable bonds is 5. The van der Waals surface area contributed by atoms with Crippen molar-refractivity contribution >= 4 is 5.91 Å². The maximum absolute atomic E-state index is 13.7. The summed E-state index contributed by atoms with van der Waals surface area (Å²) in [6, 6.07) is 6.37. The summed E-state index contributed by atoms with van der Waals surface area (Å²) in [6.07, 6.45) is 1.42. The van der Waals surface area contributed by atoms with Gasteiger partial charge in [-0.25, -0.2) is 4.39 Å². The van der Waals surface area contributed by atoms with Gasteiger partial charge in [-0.3, -0.25) is 14.6 Å². The first kappa shape index (κ1) is 17.3. The molecule has 2 aliphatic rings. The third-order valence-electron chi connectivity index (χ3n) is 4.98. The lowest BCUT2D eigenvalue weighted by molar-refractivity contribution is -0.131. The molecule has 2 heterocycles. The molecule has 1 amide bonds. The van der Waals surface area contributed by atoms with Gasteiger partial charge in [0.2, 0.25) is 5.91 Å². The van der Waals surface area contributed by atoms with E-state index in [1.165, 1.54) is 6.07 Å². The number of β-amino-alcohol motifs (C(OH)–C–C–N with tert-alkyl or cyclic N) is 1. The Labute approximate surface area is 142 Å². The molecule has 1 atom stereocenters. The molecule has 0 aromatic heterocycles. The minimum Gasteiger partial charge on any atom is -0.387 e. The number of halogens is 1. The van der Waals surface area contributed by atoms with Crippen LogP contribution in [0.2, 0.25) is 0 Å². The smallest absolute Gasteiger partial charge is 0.236 e. The van der Waals surface area contributed by atoms with Crippen LogP contribution in [0.4, 0.5) is 4.39 Å². The van der Waals surface area contributed by atoms with Gasteiger partial charge in [0, 0.05) is 51.4 Å². The number of likely N-dealkylation sites (tertiary alicyclic amines) is 1. The Morgan fingerprint density at radius 3 is 2.33 bits per heavy atom. The van der Waals surface area contributed by atoms with E-state index in [1.54, 1.807) is 18.2 Å². The number of hydrogen-bond donors (Lipinski definition) is 1. The molecule has 0 spiro atoms. The Hall–Kier alpha value is -1.50. The minimum atomic E-state index is -0.816. The molecule has 0 bridgehead atoms. The lowest BCUT2D eigenvalue weighted by Gasteiger charge is -2.35. The predicted molar refractivity (Wildman–Crippen MR) is 90.1 cm³/mol. The van der Waals surface area contributed by atoms with Crippen molar-refractivity contribution in [3.05, 3.63) is 35.6 Å². The number of hydrogen-bond acceptors (Lipinski definition) is 4. The van der Waals surface area contributed by atoms with Crippen LogP contribution in [0.15, 0.2) is 24.3 Å². The second-order valence-electron chi connectivity index (χ2n) is 6.70. The molecule has 132 valence electrons. The van der Waals surface area contributed by atoms with Crippen LogP contribution in [-0.2, 0) is 4.79 Å². The highest BCUT2D eigenvalue weighted by atomic mass is 19.1. The summed E-state index contributed by atoms with van der Waals surface area (Å²) in [5, 5.41) is 10.3. The zero-order valence-electron chi connectivity index (χ0n) is 14.0. The Kier molecular flexibility index (Phi) is 5.81. The molecule has 1 aromatic rings. The first-order chi connectivity index (χ1) is 11.6. The van der Waals surface area contributed by atoms with Crippen molar-refractivity contribution < 1.29 is 14.3 Å². The van der Waals surface area contributed by atoms with Crippen LogP contribution in [0, 0.1) is 5.82 Å². The van der Waals surface area contributed by atoms with E-state index in [2.05, 4.69) is 9.80 Å². The third kappa shape index (κ3) is 4.32. The van der Waals surface area contributed by atoms with Gasteiger partial charge in [0.1, 0.15) is 5.82 Å². The van der Waals surface area contributed by atoms with E-state index in [0.29, 0.717) is 18.7 Å². The molecule has 2 saturated heterocycles. The summed E-state index contributed by atoms with van der Waals surface area (Å²) in [5.74, 6) is -0.132. The van der Waals surface area contributed by atoms with E-state index in [0.717, 1.165) is 52.1 Å². The fourth-order valence-corrected chi connectivity index (χ4v) is 3.48. The van der Waals surface area contributed by atoms with Gasteiger partial charge in [0.15, 0.2) is 0 Å². The lowest BCUT2D eigenvalue weighted by Crippen LogP contribution is -2.50. The van der Waals surface area contributed by atoms with Crippen molar-refractivity contribution in [3.8, 4) is 0 Å². The molecule has 0 radical (unpaired) electrons. The monoisotopic (exact) mass is 335 g/mol. The van der Waals surface area contributed by atoms with Crippen LogP contribution >= 0.6 is 0 Å². The van der Waals surface area contributed by atoms with Crippen LogP contribution < -0.4 is 0 Å². The van der Waals surface area contributed by atoms with Gasteiger partial charge >= 0.3 is 0 Å². The number of piperazine rings is 1. The van der Waals surface area contributed by atoms with E-state index in [1.807, 2.05) is 4.90 Å². The molecule has 0 saturated carbocycles. The van der Waals surface area contributed by atoms with Crippen LogP contribution in [0.25, 0.3) is 0 Å². The van der Waals surface area contributed by atoms with Crippen molar-refractivity contribution in [3.63, 3.8) is 0 Å². The summed E-state index contributed by atoms with van der Waals surface area (Å²) in [6.45, 7) is 5.91. The van der Waals surface area contributed by atoms with Gasteiger partial charge in [0.25, 0.3) is 0 Å². The number of benzene rings is 1. The molecular weight excluding hydrogens is 309 g/mol. The standard InChI is InChI=1S/C18H26FN3O2/c19-16-6-2-1-5-15(16)17(23)13-20-9-11-21(12-10-20)14-18(24)22-7-3-4-8-22/h1-2,5-6,17,23H,3-4,7-14H2. The summed E-state index contributed by atoms with van der Waals surface area (Å²) in [7, 11) is 0. The van der Waals surface area contributed by atoms with Crippen LogP contribution in [0.5, 0.6) is 0 Å². The highest BCUT2D eigenvalue weighted by Gasteiger charge is 2.24. The van der Waals surface area contributed by atoms with Crippen LogP contribution in [0.3, 0.4) is 0 Å². The van der Waals surface area contributed by atoms with Gasteiger partial charge < -0.3 is 10.0 Å². The fourth-order valence-electron chi connectivity index (χ4n) is 3.48. The average Bonchev–Trinajstić information content (AvgIpc) is 3.11. The highest BCUT2D eigenvalue weighted by Crippen LogP contribution is 2.18. The van der Waals surface area contributed by atoms with E-state index in [9.17, 15) is 14.3 Å². The normalized spacial score (nSPS) is 21.2. The second-order valence-corrected chi connectivity index (χ2v) is 6.70. The predicted octanol–water partition coefficient (Wildman–Crippen LogP) is 1.10. The molecular formula is C18H26FN3O2. The molecule has 2 aliphatic heterocycles. The summed E-state index contributed by atoms with van der Waals surface area (Å²) >= 11 is 0. The fraction of sp³-hybridized carbons (Fsp3) is 0.611. The van der Waals surface area contributed by atoms with E-state index in [4.69, 9.17) is 0 Å². The molecule has 24 heavy (non-hydrogen) atoms. The zero-order valence-corrected chi connectivity index (χ0v) is 14.0. The molecule has 3 rings (SSSR count). The maximum atomic E-state index is 13.7. The quantitative estimate of drug-likeness (QED) is 0.875. The van der Waals surface area contributed by atoms with Crippen molar-refractivity contribution in [1.29, 1.82) is 0 Å². The summed E-state index contributed by atoms with van der Waals surface area (Å²) < 4.78 is 13.7. The van der Waals surface area contributed by atoms with E-state index >= 15 is 0 Å². The Bertz CT molecular complexity index is 555. The van der Waals surface area contributed by atoms with E-state index < -0.39 is 6.10 Å².